The topological polar surface area (TPSA) is 26.0 Å². The highest BCUT2D eigenvalue weighted by Gasteiger charge is 2.12. The third-order valence-electron chi connectivity index (χ3n) is 4.64. The van der Waals surface area contributed by atoms with Gasteiger partial charge >= 0.3 is 0 Å². The average Bonchev–Trinajstić information content (AvgIpc) is 2.52. The molecule has 1 aromatic carbocycles. The van der Waals surface area contributed by atoms with Crippen molar-refractivity contribution in [3.63, 3.8) is 0 Å². The molecule has 1 fully saturated rings. The zero-order chi connectivity index (χ0) is 14.2. The predicted octanol–water partition coefficient (Wildman–Crippen LogP) is 4.65. The molecule has 0 saturated heterocycles. The Labute approximate surface area is 124 Å². The van der Waals surface area contributed by atoms with Crippen molar-refractivity contribution >= 4 is 0 Å². The summed E-state index contributed by atoms with van der Waals surface area (Å²) in [6.45, 7) is 4.57. The average molecular weight is 271 g/mol. The smallest absolute Gasteiger partial charge is 0.0134 e. The zero-order valence-corrected chi connectivity index (χ0v) is 12.7. The Morgan fingerprint density at radius 2 is 1.60 bits per heavy atom. The molecule has 1 heteroatoms. The Morgan fingerprint density at radius 3 is 2.20 bits per heavy atom. The SMILES string of the molecule is C=C(CN)CCc1ccc(CCC2CCCCC2)cc1. The second kappa shape index (κ2) is 8.26. The van der Waals surface area contributed by atoms with E-state index < -0.39 is 0 Å². The molecule has 0 aromatic heterocycles. The molecule has 0 atom stereocenters. The number of hydrogen-bond donors (Lipinski definition) is 1. The van der Waals surface area contributed by atoms with Crippen molar-refractivity contribution in [1.29, 1.82) is 0 Å². The number of benzene rings is 1. The summed E-state index contributed by atoms with van der Waals surface area (Å²) in [4.78, 5) is 0. The van der Waals surface area contributed by atoms with Crippen LogP contribution in [0.2, 0.25) is 0 Å². The van der Waals surface area contributed by atoms with Crippen molar-refractivity contribution in [2.24, 2.45) is 11.7 Å². The van der Waals surface area contributed by atoms with E-state index in [1.807, 2.05) is 0 Å². The molecule has 1 nitrogen and oxygen atoms in total. The van der Waals surface area contributed by atoms with Crippen LogP contribution in [0.1, 0.15) is 56.1 Å². The van der Waals surface area contributed by atoms with E-state index in [2.05, 4.69) is 30.8 Å². The minimum Gasteiger partial charge on any atom is -0.327 e. The number of aryl methyl sites for hydroxylation is 2. The van der Waals surface area contributed by atoms with Crippen LogP contribution in [-0.4, -0.2) is 6.54 Å². The highest BCUT2D eigenvalue weighted by Crippen LogP contribution is 2.27. The quantitative estimate of drug-likeness (QED) is 0.718. The maximum Gasteiger partial charge on any atom is 0.0134 e. The van der Waals surface area contributed by atoms with Crippen LogP contribution in [0.25, 0.3) is 0 Å². The summed E-state index contributed by atoms with van der Waals surface area (Å²) in [5.41, 5.74) is 9.62. The third kappa shape index (κ3) is 5.13. The Balaban J connectivity index is 1.74. The largest absolute Gasteiger partial charge is 0.327 e. The summed E-state index contributed by atoms with van der Waals surface area (Å²) in [5, 5.41) is 0. The van der Waals surface area contributed by atoms with Gasteiger partial charge in [0.05, 0.1) is 0 Å². The number of nitrogens with two attached hydrogens (primary N) is 1. The highest BCUT2D eigenvalue weighted by molar-refractivity contribution is 5.23. The molecule has 0 heterocycles. The van der Waals surface area contributed by atoms with Crippen LogP contribution in [0.15, 0.2) is 36.4 Å². The molecule has 2 N–H and O–H groups in total. The van der Waals surface area contributed by atoms with Gasteiger partial charge in [-0.1, -0.05) is 68.5 Å². The molecule has 1 aliphatic rings. The molecule has 20 heavy (non-hydrogen) atoms. The first-order valence-corrected chi connectivity index (χ1v) is 8.22. The molecule has 0 radical (unpaired) electrons. The first kappa shape index (κ1) is 15.3. The fourth-order valence-corrected chi connectivity index (χ4v) is 3.14. The van der Waals surface area contributed by atoms with Crippen molar-refractivity contribution in [3.8, 4) is 0 Å². The summed E-state index contributed by atoms with van der Waals surface area (Å²) < 4.78 is 0. The molecule has 0 aliphatic heterocycles. The predicted molar refractivity (Wildman–Crippen MR) is 87.9 cm³/mol. The summed E-state index contributed by atoms with van der Waals surface area (Å²) >= 11 is 0. The minimum absolute atomic E-state index is 0.611. The van der Waals surface area contributed by atoms with Gasteiger partial charge in [0.2, 0.25) is 0 Å². The molecule has 0 bridgehead atoms. The molecular weight excluding hydrogens is 242 g/mol. The summed E-state index contributed by atoms with van der Waals surface area (Å²) in [6.07, 6.45) is 12.0. The van der Waals surface area contributed by atoms with Gasteiger partial charge < -0.3 is 5.73 Å². The molecule has 2 rings (SSSR count). The first-order valence-electron chi connectivity index (χ1n) is 8.22. The standard InChI is InChI=1S/C19H29N/c1-16(15-20)7-8-18-11-13-19(14-12-18)10-9-17-5-3-2-4-6-17/h11-14,17H,1-10,15,20H2. The van der Waals surface area contributed by atoms with Crippen LogP contribution >= 0.6 is 0 Å². The van der Waals surface area contributed by atoms with Gasteiger partial charge in [-0.15, -0.1) is 0 Å². The first-order chi connectivity index (χ1) is 9.78. The summed E-state index contributed by atoms with van der Waals surface area (Å²) in [5.74, 6) is 0.983. The van der Waals surface area contributed by atoms with Crippen molar-refractivity contribution in [2.45, 2.75) is 57.8 Å². The Bertz CT molecular complexity index is 398. The third-order valence-corrected chi connectivity index (χ3v) is 4.64. The second-order valence-corrected chi connectivity index (χ2v) is 6.31. The van der Waals surface area contributed by atoms with Gasteiger partial charge in [0.25, 0.3) is 0 Å². The molecule has 0 spiro atoms. The molecular formula is C19H29N. The van der Waals surface area contributed by atoms with Crippen molar-refractivity contribution < 1.29 is 0 Å². The van der Waals surface area contributed by atoms with Crippen LogP contribution < -0.4 is 5.73 Å². The van der Waals surface area contributed by atoms with Crippen LogP contribution in [0.3, 0.4) is 0 Å². The molecule has 0 amide bonds. The van der Waals surface area contributed by atoms with Crippen molar-refractivity contribution in [2.75, 3.05) is 6.54 Å². The van der Waals surface area contributed by atoms with Gasteiger partial charge in [-0.2, -0.15) is 0 Å². The van der Waals surface area contributed by atoms with E-state index in [9.17, 15) is 0 Å². The minimum atomic E-state index is 0.611. The lowest BCUT2D eigenvalue weighted by Crippen LogP contribution is -2.07. The lowest BCUT2D eigenvalue weighted by molar-refractivity contribution is 0.339. The maximum atomic E-state index is 5.57. The fraction of sp³-hybridized carbons (Fsp3) is 0.579. The highest BCUT2D eigenvalue weighted by atomic mass is 14.5. The normalized spacial score (nSPS) is 16.2. The Morgan fingerprint density at radius 1 is 1.00 bits per heavy atom. The maximum absolute atomic E-state index is 5.57. The second-order valence-electron chi connectivity index (χ2n) is 6.31. The fourth-order valence-electron chi connectivity index (χ4n) is 3.14. The van der Waals surface area contributed by atoms with Gasteiger partial charge in [-0.3, -0.25) is 0 Å². The van der Waals surface area contributed by atoms with Crippen LogP contribution in [0.4, 0.5) is 0 Å². The van der Waals surface area contributed by atoms with E-state index in [1.165, 1.54) is 56.1 Å². The molecule has 1 aromatic rings. The summed E-state index contributed by atoms with van der Waals surface area (Å²) in [6, 6.07) is 9.17. The molecule has 1 aliphatic carbocycles. The van der Waals surface area contributed by atoms with Crippen molar-refractivity contribution in [1.82, 2.24) is 0 Å². The van der Waals surface area contributed by atoms with E-state index in [0.717, 1.165) is 24.3 Å². The van der Waals surface area contributed by atoms with Crippen LogP contribution in [0, 0.1) is 5.92 Å². The van der Waals surface area contributed by atoms with Crippen LogP contribution in [0.5, 0.6) is 0 Å². The van der Waals surface area contributed by atoms with E-state index in [0.29, 0.717) is 6.54 Å². The van der Waals surface area contributed by atoms with Crippen molar-refractivity contribution in [3.05, 3.63) is 47.5 Å². The van der Waals surface area contributed by atoms with Gasteiger partial charge in [-0.05, 0) is 42.7 Å². The van der Waals surface area contributed by atoms with E-state index in [-0.39, 0.29) is 0 Å². The number of rotatable bonds is 7. The lowest BCUT2D eigenvalue weighted by Gasteiger charge is -2.21. The van der Waals surface area contributed by atoms with E-state index >= 15 is 0 Å². The van der Waals surface area contributed by atoms with Gasteiger partial charge in [0, 0.05) is 6.54 Å². The monoisotopic (exact) mass is 271 g/mol. The molecule has 0 unspecified atom stereocenters. The lowest BCUT2D eigenvalue weighted by atomic mass is 9.85. The van der Waals surface area contributed by atoms with E-state index in [4.69, 9.17) is 5.73 Å². The Hall–Kier alpha value is -1.08. The zero-order valence-electron chi connectivity index (χ0n) is 12.7. The molecule has 1 saturated carbocycles. The van der Waals surface area contributed by atoms with Crippen LogP contribution in [-0.2, 0) is 12.8 Å². The Kier molecular flexibility index (Phi) is 6.32. The molecule has 110 valence electrons. The summed E-state index contributed by atoms with van der Waals surface area (Å²) in [7, 11) is 0. The van der Waals surface area contributed by atoms with Gasteiger partial charge in [0.1, 0.15) is 0 Å². The van der Waals surface area contributed by atoms with Gasteiger partial charge in [0.15, 0.2) is 0 Å². The number of hydrogen-bond acceptors (Lipinski definition) is 1. The van der Waals surface area contributed by atoms with E-state index in [1.54, 1.807) is 0 Å². The van der Waals surface area contributed by atoms with Gasteiger partial charge in [-0.25, -0.2) is 0 Å².